The maximum atomic E-state index is 11.6. The number of rotatable bonds is 6. The van der Waals surface area contributed by atoms with Crippen molar-refractivity contribution in [2.45, 2.75) is 52.6 Å². The quantitative estimate of drug-likeness (QED) is 0.631. The highest BCUT2D eigenvalue weighted by Gasteiger charge is 2.21. The Labute approximate surface area is 104 Å². The van der Waals surface area contributed by atoms with Crippen LogP contribution in [0.5, 0.6) is 0 Å². The summed E-state index contributed by atoms with van der Waals surface area (Å²) in [6.45, 7) is 10.4. The van der Waals surface area contributed by atoms with Crippen molar-refractivity contribution in [2.24, 2.45) is 11.7 Å². The Morgan fingerprint density at radius 2 is 1.76 bits per heavy atom. The van der Waals surface area contributed by atoms with Gasteiger partial charge in [0.05, 0.1) is 0 Å². The van der Waals surface area contributed by atoms with Gasteiger partial charge in [0.1, 0.15) is 6.04 Å². The molecule has 0 rings (SSSR count). The molecule has 0 spiro atoms. The van der Waals surface area contributed by atoms with Gasteiger partial charge in [-0.3, -0.25) is 9.59 Å². The molecule has 1 unspecified atom stereocenters. The molecule has 4 N–H and O–H groups in total. The third kappa shape index (κ3) is 7.74. The van der Waals surface area contributed by atoms with Crippen LogP contribution in [-0.4, -0.2) is 29.9 Å². The molecule has 0 aliphatic carbocycles. The van der Waals surface area contributed by atoms with E-state index in [2.05, 4.69) is 10.6 Å². The fourth-order valence-electron chi connectivity index (χ4n) is 1.36. The van der Waals surface area contributed by atoms with Gasteiger partial charge in [0, 0.05) is 18.5 Å². The van der Waals surface area contributed by atoms with Crippen LogP contribution in [0, 0.1) is 5.92 Å². The molecule has 5 heteroatoms. The number of nitrogens with one attached hydrogen (secondary N) is 2. The molecular weight excluding hydrogens is 218 g/mol. The van der Waals surface area contributed by atoms with Gasteiger partial charge in [0.25, 0.3) is 0 Å². The average Bonchev–Trinajstić information content (AvgIpc) is 2.10. The minimum atomic E-state index is -0.586. The fourth-order valence-corrected chi connectivity index (χ4v) is 1.36. The zero-order chi connectivity index (χ0) is 13.6. The van der Waals surface area contributed by atoms with Gasteiger partial charge in [-0.2, -0.15) is 0 Å². The van der Waals surface area contributed by atoms with Crippen LogP contribution in [0.2, 0.25) is 0 Å². The van der Waals surface area contributed by atoms with Crippen LogP contribution in [-0.2, 0) is 9.59 Å². The maximum Gasteiger partial charge on any atom is 0.240 e. The van der Waals surface area contributed by atoms with Gasteiger partial charge in [0.2, 0.25) is 11.8 Å². The fraction of sp³-hybridized carbons (Fsp3) is 0.833. The minimum Gasteiger partial charge on any atom is -0.368 e. The highest BCUT2D eigenvalue weighted by atomic mass is 16.2. The number of carbonyl (C=O) groups is 2. The number of hydrogen-bond donors (Lipinski definition) is 3. The molecule has 0 aromatic carbocycles. The number of nitrogens with two attached hydrogens (primary N) is 1. The van der Waals surface area contributed by atoms with Crippen LogP contribution >= 0.6 is 0 Å². The van der Waals surface area contributed by atoms with Gasteiger partial charge >= 0.3 is 0 Å². The number of amides is 2. The monoisotopic (exact) mass is 243 g/mol. The van der Waals surface area contributed by atoms with Crippen molar-refractivity contribution >= 4 is 11.8 Å². The van der Waals surface area contributed by atoms with E-state index in [1.807, 2.05) is 34.6 Å². The zero-order valence-corrected chi connectivity index (χ0v) is 11.5. The number of hydrogen-bond acceptors (Lipinski definition) is 3. The first-order chi connectivity index (χ1) is 7.63. The second-order valence-electron chi connectivity index (χ2n) is 5.62. The number of carbonyl (C=O) groups excluding carboxylic acids is 2. The Morgan fingerprint density at radius 1 is 1.24 bits per heavy atom. The van der Waals surface area contributed by atoms with Crippen molar-refractivity contribution in [1.82, 2.24) is 10.6 Å². The lowest BCUT2D eigenvalue weighted by Crippen LogP contribution is -2.48. The van der Waals surface area contributed by atoms with Crippen LogP contribution < -0.4 is 16.4 Å². The standard InChI is InChI=1S/C12H25N3O2/c1-8(2)10(11(13)17)15-9(16)6-7-14-12(3,4)5/h8,10,14H,6-7H2,1-5H3,(H2,13,17)(H,15,16). The summed E-state index contributed by atoms with van der Waals surface area (Å²) in [6, 6.07) is -0.586. The SMILES string of the molecule is CC(C)C(NC(=O)CCNC(C)(C)C)C(N)=O. The Balaban J connectivity index is 4.04. The molecule has 0 aromatic rings. The van der Waals surface area contributed by atoms with E-state index < -0.39 is 11.9 Å². The van der Waals surface area contributed by atoms with E-state index in [-0.39, 0.29) is 17.4 Å². The molecule has 0 saturated heterocycles. The summed E-state index contributed by atoms with van der Waals surface area (Å²) < 4.78 is 0. The molecule has 0 aromatic heterocycles. The third-order valence-corrected chi connectivity index (χ3v) is 2.30. The van der Waals surface area contributed by atoms with E-state index in [1.165, 1.54) is 0 Å². The summed E-state index contributed by atoms with van der Waals surface area (Å²) in [5.41, 5.74) is 5.20. The van der Waals surface area contributed by atoms with Gasteiger partial charge in [-0.05, 0) is 26.7 Å². The average molecular weight is 243 g/mol. The van der Waals surface area contributed by atoms with Crippen molar-refractivity contribution < 1.29 is 9.59 Å². The van der Waals surface area contributed by atoms with E-state index in [4.69, 9.17) is 5.73 Å². The van der Waals surface area contributed by atoms with Crippen molar-refractivity contribution in [1.29, 1.82) is 0 Å². The van der Waals surface area contributed by atoms with Crippen molar-refractivity contribution in [3.8, 4) is 0 Å². The van der Waals surface area contributed by atoms with Crippen LogP contribution in [0.1, 0.15) is 41.0 Å². The van der Waals surface area contributed by atoms with Gasteiger partial charge in [-0.1, -0.05) is 13.8 Å². The van der Waals surface area contributed by atoms with Crippen LogP contribution in [0.4, 0.5) is 0 Å². The smallest absolute Gasteiger partial charge is 0.240 e. The first kappa shape index (κ1) is 15.9. The Kier molecular flexibility index (Phi) is 6.16. The Morgan fingerprint density at radius 3 is 2.12 bits per heavy atom. The molecule has 5 nitrogen and oxygen atoms in total. The molecule has 0 saturated carbocycles. The molecule has 0 bridgehead atoms. The molecule has 2 amide bonds. The van der Waals surface area contributed by atoms with Crippen molar-refractivity contribution in [2.75, 3.05) is 6.54 Å². The van der Waals surface area contributed by atoms with Crippen LogP contribution in [0.3, 0.4) is 0 Å². The van der Waals surface area contributed by atoms with Gasteiger partial charge in [-0.25, -0.2) is 0 Å². The first-order valence-electron chi connectivity index (χ1n) is 5.97. The highest BCUT2D eigenvalue weighted by molar-refractivity contribution is 5.86. The lowest BCUT2D eigenvalue weighted by atomic mass is 10.0. The third-order valence-electron chi connectivity index (χ3n) is 2.30. The predicted molar refractivity (Wildman–Crippen MR) is 68.3 cm³/mol. The summed E-state index contributed by atoms with van der Waals surface area (Å²) in [7, 11) is 0. The minimum absolute atomic E-state index is 0.00650. The molecular formula is C12H25N3O2. The topological polar surface area (TPSA) is 84.2 Å². The normalized spacial score (nSPS) is 13.5. The number of primary amides is 1. The molecule has 100 valence electrons. The van der Waals surface area contributed by atoms with Gasteiger partial charge < -0.3 is 16.4 Å². The largest absolute Gasteiger partial charge is 0.368 e. The summed E-state index contributed by atoms with van der Waals surface area (Å²) in [5.74, 6) is -0.636. The summed E-state index contributed by atoms with van der Waals surface area (Å²) in [6.07, 6.45) is 0.341. The lowest BCUT2D eigenvalue weighted by Gasteiger charge is -2.22. The van der Waals surface area contributed by atoms with E-state index in [1.54, 1.807) is 0 Å². The van der Waals surface area contributed by atoms with Crippen LogP contribution in [0.15, 0.2) is 0 Å². The van der Waals surface area contributed by atoms with Crippen molar-refractivity contribution in [3.63, 3.8) is 0 Å². The predicted octanol–water partition coefficient (Wildman–Crippen LogP) is 0.391. The second-order valence-corrected chi connectivity index (χ2v) is 5.62. The highest BCUT2D eigenvalue weighted by Crippen LogP contribution is 2.02. The van der Waals surface area contributed by atoms with E-state index in [0.717, 1.165) is 0 Å². The Hall–Kier alpha value is -1.10. The lowest BCUT2D eigenvalue weighted by molar-refractivity contribution is -0.128. The second kappa shape index (κ2) is 6.59. The molecule has 17 heavy (non-hydrogen) atoms. The molecule has 0 fully saturated rings. The summed E-state index contributed by atoms with van der Waals surface area (Å²) in [4.78, 5) is 22.7. The molecule has 0 radical (unpaired) electrons. The van der Waals surface area contributed by atoms with Gasteiger partial charge in [0.15, 0.2) is 0 Å². The molecule has 0 aliphatic rings. The first-order valence-corrected chi connectivity index (χ1v) is 5.97. The van der Waals surface area contributed by atoms with Gasteiger partial charge in [-0.15, -0.1) is 0 Å². The summed E-state index contributed by atoms with van der Waals surface area (Å²) in [5, 5.41) is 5.86. The van der Waals surface area contributed by atoms with E-state index in [0.29, 0.717) is 13.0 Å². The molecule has 1 atom stereocenters. The maximum absolute atomic E-state index is 11.6. The molecule has 0 aliphatic heterocycles. The molecule has 0 heterocycles. The Bertz CT molecular complexity index is 269. The van der Waals surface area contributed by atoms with Crippen molar-refractivity contribution in [3.05, 3.63) is 0 Å². The van der Waals surface area contributed by atoms with E-state index >= 15 is 0 Å². The van der Waals surface area contributed by atoms with E-state index in [9.17, 15) is 9.59 Å². The zero-order valence-electron chi connectivity index (χ0n) is 11.5. The van der Waals surface area contributed by atoms with Crippen LogP contribution in [0.25, 0.3) is 0 Å². The summed E-state index contributed by atoms with van der Waals surface area (Å²) >= 11 is 0.